The number of amides is 2. The van der Waals surface area contributed by atoms with Gasteiger partial charge in [0, 0.05) is 71.8 Å². The van der Waals surface area contributed by atoms with Crippen LogP contribution < -0.4 is 10.7 Å². The number of hydrogen-bond acceptors (Lipinski definition) is 10. The molecular formula is C40H45N7O5S. The summed E-state index contributed by atoms with van der Waals surface area (Å²) in [6.45, 7) is 9.63. The van der Waals surface area contributed by atoms with Crippen molar-refractivity contribution < 1.29 is 23.9 Å². The third kappa shape index (κ3) is 7.46. The summed E-state index contributed by atoms with van der Waals surface area (Å²) in [4.78, 5) is 55.0. The molecule has 0 saturated carbocycles. The van der Waals surface area contributed by atoms with Gasteiger partial charge in [-0.3, -0.25) is 29.4 Å². The lowest BCUT2D eigenvalue weighted by atomic mass is 9.84. The van der Waals surface area contributed by atoms with E-state index in [-0.39, 0.29) is 30.7 Å². The molecule has 1 saturated heterocycles. The van der Waals surface area contributed by atoms with E-state index in [1.54, 1.807) is 31.5 Å². The standard InChI is InChI=1S/C40H45N7O5S/c1-6-46-33-15-14-25-19-27(33)28(36(46)26-11-9-17-42-35(26)24(2)51-5)21-40(3,4)23-52-39(50)30-13-10-18-47(45-30)38(49)31(20-34-43-32(25)22-53-34)44-37(48)29-12-7-8-16-41-29/h7-9,11-12,14-17,19,22,24,30-31,45H,6,10,13,18,20-21,23H2,1-5H3,(H,44,48)/t24-,30-,31-/m0/s1. The number of thiazole rings is 1. The maximum absolute atomic E-state index is 14.1. The summed E-state index contributed by atoms with van der Waals surface area (Å²) in [5, 5.41) is 8.10. The van der Waals surface area contributed by atoms with E-state index in [1.165, 1.54) is 22.5 Å². The van der Waals surface area contributed by atoms with Crippen molar-refractivity contribution in [1.29, 1.82) is 0 Å². The maximum atomic E-state index is 14.1. The minimum atomic E-state index is -0.956. The summed E-state index contributed by atoms with van der Waals surface area (Å²) < 4.78 is 14.1. The lowest BCUT2D eigenvalue weighted by molar-refractivity contribution is -0.155. The third-order valence-electron chi connectivity index (χ3n) is 10.0. The van der Waals surface area contributed by atoms with Crippen LogP contribution in [0.3, 0.4) is 0 Å². The normalized spacial score (nSPS) is 19.8. The van der Waals surface area contributed by atoms with Gasteiger partial charge in [0.05, 0.1) is 34.8 Å². The summed E-state index contributed by atoms with van der Waals surface area (Å²) in [6, 6.07) is 13.8. The van der Waals surface area contributed by atoms with Crippen LogP contribution in [0.1, 0.15) is 73.4 Å². The molecule has 276 valence electrons. The Morgan fingerprint density at radius 2 is 1.98 bits per heavy atom. The maximum Gasteiger partial charge on any atom is 0.324 e. The van der Waals surface area contributed by atoms with Crippen LogP contribution in [0.4, 0.5) is 0 Å². The quantitative estimate of drug-likeness (QED) is 0.204. The number of ether oxygens (including phenoxy) is 2. The number of esters is 1. The second-order valence-corrected chi connectivity index (χ2v) is 15.4. The Balaban J connectivity index is 1.36. The largest absolute Gasteiger partial charge is 0.464 e. The Kier molecular flexibility index (Phi) is 10.4. The van der Waals surface area contributed by atoms with Gasteiger partial charge in [0.25, 0.3) is 11.8 Å². The molecule has 13 heteroatoms. The first-order valence-corrected chi connectivity index (χ1v) is 19.0. The molecule has 5 aromatic rings. The molecule has 7 rings (SSSR count). The second kappa shape index (κ2) is 15.2. The molecule has 1 fully saturated rings. The fourth-order valence-electron chi connectivity index (χ4n) is 7.29. The fourth-order valence-corrected chi connectivity index (χ4v) is 8.14. The van der Waals surface area contributed by atoms with Crippen molar-refractivity contribution >= 4 is 40.0 Å². The first kappa shape index (κ1) is 36.4. The highest BCUT2D eigenvalue weighted by Gasteiger charge is 2.36. The topological polar surface area (TPSA) is 141 Å². The van der Waals surface area contributed by atoms with Crippen molar-refractivity contribution in [3.8, 4) is 22.5 Å². The van der Waals surface area contributed by atoms with E-state index >= 15 is 0 Å². The van der Waals surface area contributed by atoms with Crippen LogP contribution >= 0.6 is 11.3 Å². The number of hydrazine groups is 1. The van der Waals surface area contributed by atoms with Gasteiger partial charge < -0.3 is 19.4 Å². The molecule has 2 N–H and O–H groups in total. The number of nitrogens with one attached hydrogen (secondary N) is 2. The number of pyridine rings is 2. The molecule has 0 aliphatic carbocycles. The predicted molar refractivity (Wildman–Crippen MR) is 203 cm³/mol. The Labute approximate surface area is 312 Å². The molecule has 3 atom stereocenters. The van der Waals surface area contributed by atoms with Crippen molar-refractivity contribution in [1.82, 2.24) is 35.3 Å². The van der Waals surface area contributed by atoms with Crippen LogP contribution in [0.25, 0.3) is 33.4 Å². The molecule has 2 amide bonds. The molecule has 4 aromatic heterocycles. The lowest BCUT2D eigenvalue weighted by Crippen LogP contribution is -2.60. The number of carbonyl (C=O) groups is 3. The molecular weight excluding hydrogens is 691 g/mol. The van der Waals surface area contributed by atoms with Gasteiger partial charge in [-0.15, -0.1) is 11.3 Å². The fraction of sp³-hybridized carbons (Fsp3) is 0.400. The zero-order valence-electron chi connectivity index (χ0n) is 30.7. The zero-order valence-corrected chi connectivity index (χ0v) is 31.5. The third-order valence-corrected chi connectivity index (χ3v) is 10.9. The van der Waals surface area contributed by atoms with E-state index in [0.29, 0.717) is 30.8 Å². The van der Waals surface area contributed by atoms with Crippen LogP contribution in [-0.2, 0) is 38.4 Å². The summed E-state index contributed by atoms with van der Waals surface area (Å²) in [5.41, 5.74) is 9.69. The number of nitrogens with zero attached hydrogens (tertiary/aromatic N) is 5. The van der Waals surface area contributed by atoms with Crippen LogP contribution in [0.2, 0.25) is 0 Å². The predicted octanol–water partition coefficient (Wildman–Crippen LogP) is 5.91. The summed E-state index contributed by atoms with van der Waals surface area (Å²) >= 11 is 1.44. The number of aryl methyl sites for hydroxylation is 1. The molecule has 12 nitrogen and oxygen atoms in total. The highest BCUT2D eigenvalue weighted by molar-refractivity contribution is 7.10. The van der Waals surface area contributed by atoms with E-state index in [4.69, 9.17) is 19.4 Å². The van der Waals surface area contributed by atoms with Crippen molar-refractivity contribution in [3.05, 3.63) is 88.3 Å². The average molecular weight is 736 g/mol. The number of fused-ring (bicyclic) bond motifs is 6. The summed E-state index contributed by atoms with van der Waals surface area (Å²) in [7, 11) is 1.69. The highest BCUT2D eigenvalue weighted by Crippen LogP contribution is 2.42. The lowest BCUT2D eigenvalue weighted by Gasteiger charge is -2.35. The monoisotopic (exact) mass is 735 g/mol. The van der Waals surface area contributed by atoms with Crippen LogP contribution in [0.5, 0.6) is 0 Å². The van der Waals surface area contributed by atoms with Gasteiger partial charge in [0.1, 0.15) is 17.8 Å². The van der Waals surface area contributed by atoms with Crippen molar-refractivity contribution in [2.24, 2.45) is 5.41 Å². The number of hydrogen-bond donors (Lipinski definition) is 2. The van der Waals surface area contributed by atoms with Gasteiger partial charge in [0.15, 0.2) is 0 Å². The first-order valence-electron chi connectivity index (χ1n) is 18.1. The number of rotatable bonds is 6. The molecule has 1 aromatic carbocycles. The van der Waals surface area contributed by atoms with Crippen molar-refractivity contribution in [2.75, 3.05) is 20.3 Å². The molecule has 53 heavy (non-hydrogen) atoms. The number of methoxy groups -OCH3 is 1. The van der Waals surface area contributed by atoms with Gasteiger partial charge in [-0.25, -0.2) is 10.4 Å². The zero-order chi connectivity index (χ0) is 37.3. The van der Waals surface area contributed by atoms with Crippen molar-refractivity contribution in [2.45, 2.75) is 78.1 Å². The smallest absolute Gasteiger partial charge is 0.324 e. The Hall–Kier alpha value is -4.98. The van der Waals surface area contributed by atoms with E-state index in [0.717, 1.165) is 51.2 Å². The molecule has 0 radical (unpaired) electrons. The minimum Gasteiger partial charge on any atom is -0.464 e. The Bertz CT molecular complexity index is 2150. The summed E-state index contributed by atoms with van der Waals surface area (Å²) in [6.07, 6.45) is 4.99. The number of aromatic nitrogens is 4. The molecule has 0 unspecified atom stereocenters. The van der Waals surface area contributed by atoms with E-state index in [9.17, 15) is 14.4 Å². The number of cyclic esters (lactones) is 1. The van der Waals surface area contributed by atoms with Crippen molar-refractivity contribution in [3.63, 3.8) is 0 Å². The first-order chi connectivity index (χ1) is 25.6. The SMILES string of the molecule is CCn1c(-c2cccnc2[C@H](C)OC)c2c3cc(ccc31)-c1csc(n1)C[C@H](NC(=O)c1ccccn1)C(=O)N1CCC[C@H](N1)C(=O)OCC(C)(C)C2. The summed E-state index contributed by atoms with van der Waals surface area (Å²) in [5.74, 6) is -1.25. The van der Waals surface area contributed by atoms with Gasteiger partial charge >= 0.3 is 5.97 Å². The second-order valence-electron chi connectivity index (χ2n) is 14.5. The number of carbonyl (C=O) groups excluding carboxylic acids is 3. The van der Waals surface area contributed by atoms with Gasteiger partial charge in [-0.2, -0.15) is 0 Å². The van der Waals surface area contributed by atoms with Crippen LogP contribution in [-0.4, -0.2) is 74.7 Å². The van der Waals surface area contributed by atoms with Gasteiger partial charge in [0.2, 0.25) is 0 Å². The van der Waals surface area contributed by atoms with E-state index in [2.05, 4.69) is 65.3 Å². The highest BCUT2D eigenvalue weighted by atomic mass is 32.1. The van der Waals surface area contributed by atoms with E-state index in [1.807, 2.05) is 18.4 Å². The Morgan fingerprint density at radius 1 is 1.15 bits per heavy atom. The number of benzene rings is 1. The van der Waals surface area contributed by atoms with Crippen LogP contribution in [0.15, 0.2) is 66.3 Å². The average Bonchev–Trinajstić information content (AvgIpc) is 3.77. The molecule has 2 aliphatic rings. The van der Waals surface area contributed by atoms with E-state index < -0.39 is 29.4 Å². The van der Waals surface area contributed by atoms with Gasteiger partial charge in [-0.1, -0.05) is 26.0 Å². The molecule has 6 heterocycles. The van der Waals surface area contributed by atoms with Gasteiger partial charge in [-0.05, 0) is 75.1 Å². The minimum absolute atomic E-state index is 0.162. The molecule has 0 spiro atoms. The van der Waals surface area contributed by atoms with Crippen LogP contribution in [0, 0.1) is 5.41 Å². The molecule has 2 aliphatic heterocycles. The molecule has 6 bridgehead atoms. The Morgan fingerprint density at radius 3 is 2.75 bits per heavy atom.